The van der Waals surface area contributed by atoms with Crippen molar-refractivity contribution in [1.29, 1.82) is 0 Å². The summed E-state index contributed by atoms with van der Waals surface area (Å²) in [6.45, 7) is 1.77. The van der Waals surface area contributed by atoms with Gasteiger partial charge < -0.3 is 10.1 Å². The van der Waals surface area contributed by atoms with Crippen LogP contribution in [0.3, 0.4) is 0 Å². The SMILES string of the molecule is COC(C)CS(=O)(=O)NC1CC2CCC(C1)N2. The molecular weight excluding hydrogens is 240 g/mol. The van der Waals surface area contributed by atoms with Gasteiger partial charge in [0.05, 0.1) is 11.9 Å². The van der Waals surface area contributed by atoms with Gasteiger partial charge in [0.25, 0.3) is 0 Å². The summed E-state index contributed by atoms with van der Waals surface area (Å²) in [5.74, 6) is 0.0444. The molecule has 0 saturated carbocycles. The highest BCUT2D eigenvalue weighted by Crippen LogP contribution is 2.27. The lowest BCUT2D eigenvalue weighted by atomic mass is 10.0. The maximum Gasteiger partial charge on any atom is 0.214 e. The molecule has 3 unspecified atom stereocenters. The van der Waals surface area contributed by atoms with Crippen molar-refractivity contribution in [3.05, 3.63) is 0 Å². The molecule has 3 atom stereocenters. The molecule has 100 valence electrons. The topological polar surface area (TPSA) is 67.4 Å². The molecule has 0 spiro atoms. The summed E-state index contributed by atoms with van der Waals surface area (Å²) in [4.78, 5) is 0. The van der Waals surface area contributed by atoms with Gasteiger partial charge in [-0.05, 0) is 32.6 Å². The lowest BCUT2D eigenvalue weighted by Gasteiger charge is -2.29. The molecule has 2 heterocycles. The quantitative estimate of drug-likeness (QED) is 0.744. The lowest BCUT2D eigenvalue weighted by molar-refractivity contribution is 0.136. The molecule has 5 nitrogen and oxygen atoms in total. The van der Waals surface area contributed by atoms with Gasteiger partial charge in [0.1, 0.15) is 0 Å². The third kappa shape index (κ3) is 3.64. The molecule has 0 aliphatic carbocycles. The van der Waals surface area contributed by atoms with Crippen molar-refractivity contribution in [2.24, 2.45) is 0 Å². The van der Waals surface area contributed by atoms with Crippen molar-refractivity contribution in [3.8, 4) is 0 Å². The van der Waals surface area contributed by atoms with Crippen LogP contribution in [0.15, 0.2) is 0 Å². The Morgan fingerprint density at radius 2 is 1.94 bits per heavy atom. The smallest absolute Gasteiger partial charge is 0.214 e. The Morgan fingerprint density at radius 1 is 1.35 bits per heavy atom. The Labute approximate surface area is 103 Å². The first kappa shape index (κ1) is 13.3. The summed E-state index contributed by atoms with van der Waals surface area (Å²) >= 11 is 0. The van der Waals surface area contributed by atoms with Gasteiger partial charge in [0.2, 0.25) is 10.0 Å². The Bertz CT molecular complexity index is 346. The van der Waals surface area contributed by atoms with Gasteiger partial charge in [0.15, 0.2) is 0 Å². The predicted molar refractivity (Wildman–Crippen MR) is 66.4 cm³/mol. The highest BCUT2D eigenvalue weighted by atomic mass is 32.2. The predicted octanol–water partition coefficient (Wildman–Crippen LogP) is 0.224. The first-order valence-electron chi connectivity index (χ1n) is 6.27. The van der Waals surface area contributed by atoms with E-state index < -0.39 is 10.0 Å². The molecule has 6 heteroatoms. The van der Waals surface area contributed by atoms with E-state index in [-0.39, 0.29) is 17.9 Å². The van der Waals surface area contributed by atoms with Gasteiger partial charge in [-0.2, -0.15) is 0 Å². The van der Waals surface area contributed by atoms with Crippen LogP contribution >= 0.6 is 0 Å². The second kappa shape index (κ2) is 5.22. The van der Waals surface area contributed by atoms with Crippen LogP contribution in [0, 0.1) is 0 Å². The molecule has 2 saturated heterocycles. The van der Waals surface area contributed by atoms with Crippen LogP contribution in [0.25, 0.3) is 0 Å². The number of methoxy groups -OCH3 is 1. The van der Waals surface area contributed by atoms with E-state index in [0.717, 1.165) is 12.8 Å². The molecule has 0 aromatic carbocycles. The van der Waals surface area contributed by atoms with Crippen molar-refractivity contribution in [2.75, 3.05) is 12.9 Å². The fraction of sp³-hybridized carbons (Fsp3) is 1.00. The summed E-state index contributed by atoms with van der Waals surface area (Å²) in [5, 5.41) is 3.50. The second-order valence-electron chi connectivity index (χ2n) is 5.25. The van der Waals surface area contributed by atoms with Gasteiger partial charge >= 0.3 is 0 Å². The fourth-order valence-electron chi connectivity index (χ4n) is 2.83. The molecule has 2 N–H and O–H groups in total. The lowest BCUT2D eigenvalue weighted by Crippen LogP contribution is -2.49. The summed E-state index contributed by atoms with van der Waals surface area (Å²) < 4.78 is 31.6. The Balaban J connectivity index is 1.88. The maximum atomic E-state index is 11.9. The molecule has 0 amide bonds. The zero-order valence-corrected chi connectivity index (χ0v) is 11.3. The van der Waals surface area contributed by atoms with Gasteiger partial charge in [-0.15, -0.1) is 0 Å². The number of fused-ring (bicyclic) bond motifs is 2. The molecule has 2 aliphatic heterocycles. The van der Waals surface area contributed by atoms with E-state index in [1.807, 2.05) is 0 Å². The van der Waals surface area contributed by atoms with Gasteiger partial charge in [-0.1, -0.05) is 0 Å². The zero-order chi connectivity index (χ0) is 12.5. The van der Waals surface area contributed by atoms with Crippen LogP contribution < -0.4 is 10.0 Å². The van der Waals surface area contributed by atoms with Crippen LogP contribution in [0.5, 0.6) is 0 Å². The molecule has 2 bridgehead atoms. The van der Waals surface area contributed by atoms with E-state index in [1.54, 1.807) is 6.92 Å². The number of sulfonamides is 1. The van der Waals surface area contributed by atoms with Crippen molar-refractivity contribution >= 4 is 10.0 Å². The van der Waals surface area contributed by atoms with Gasteiger partial charge in [0, 0.05) is 25.2 Å². The third-order valence-corrected chi connectivity index (χ3v) is 5.28. The first-order valence-corrected chi connectivity index (χ1v) is 7.92. The van der Waals surface area contributed by atoms with Crippen LogP contribution in [0.1, 0.15) is 32.6 Å². The van der Waals surface area contributed by atoms with Crippen LogP contribution in [-0.2, 0) is 14.8 Å². The molecule has 0 aromatic heterocycles. The second-order valence-corrected chi connectivity index (χ2v) is 7.05. The van der Waals surface area contributed by atoms with Crippen molar-refractivity contribution in [1.82, 2.24) is 10.0 Å². The minimum absolute atomic E-state index is 0.0444. The molecule has 0 radical (unpaired) electrons. The normalized spacial score (nSPS) is 34.8. The summed E-state index contributed by atoms with van der Waals surface area (Å²) in [7, 11) is -1.68. The Hall–Kier alpha value is -0.170. The van der Waals surface area contributed by atoms with Crippen molar-refractivity contribution in [2.45, 2.75) is 56.8 Å². The fourth-order valence-corrected chi connectivity index (χ4v) is 4.38. The Morgan fingerprint density at radius 3 is 2.47 bits per heavy atom. The van der Waals surface area contributed by atoms with Crippen LogP contribution in [0.2, 0.25) is 0 Å². The minimum atomic E-state index is -3.21. The van der Waals surface area contributed by atoms with Crippen molar-refractivity contribution < 1.29 is 13.2 Å². The van der Waals surface area contributed by atoms with Crippen LogP contribution in [0.4, 0.5) is 0 Å². The molecule has 2 fully saturated rings. The third-order valence-electron chi connectivity index (χ3n) is 3.68. The average molecular weight is 262 g/mol. The van der Waals surface area contributed by atoms with E-state index in [2.05, 4.69) is 10.0 Å². The summed E-state index contributed by atoms with van der Waals surface area (Å²) in [6.07, 6.45) is 3.93. The highest BCUT2D eigenvalue weighted by Gasteiger charge is 2.35. The number of rotatable bonds is 5. The van der Waals surface area contributed by atoms with E-state index >= 15 is 0 Å². The number of nitrogens with one attached hydrogen (secondary N) is 2. The summed E-state index contributed by atoms with van der Waals surface area (Å²) in [6, 6.07) is 1.10. The summed E-state index contributed by atoms with van der Waals surface area (Å²) in [5.41, 5.74) is 0. The van der Waals surface area contributed by atoms with Gasteiger partial charge in [-0.3, -0.25) is 0 Å². The molecule has 0 aromatic rings. The van der Waals surface area contributed by atoms with E-state index in [9.17, 15) is 8.42 Å². The molecule has 2 aliphatic rings. The molecule has 2 rings (SSSR count). The van der Waals surface area contributed by atoms with Crippen LogP contribution in [-0.4, -0.2) is 45.5 Å². The maximum absolute atomic E-state index is 11.9. The average Bonchev–Trinajstić information content (AvgIpc) is 2.56. The molecular formula is C11H22N2O3S. The standard InChI is InChI=1S/C11H22N2O3S/c1-8(16-2)7-17(14,15)13-11-5-9-3-4-10(6-11)12-9/h8-13H,3-7H2,1-2H3. The van der Waals surface area contributed by atoms with Crippen molar-refractivity contribution in [3.63, 3.8) is 0 Å². The minimum Gasteiger partial charge on any atom is -0.381 e. The zero-order valence-electron chi connectivity index (χ0n) is 10.5. The first-order chi connectivity index (χ1) is 7.98. The van der Waals surface area contributed by atoms with Gasteiger partial charge in [-0.25, -0.2) is 13.1 Å². The number of hydrogen-bond donors (Lipinski definition) is 2. The number of piperidine rings is 1. The van der Waals surface area contributed by atoms with E-state index in [4.69, 9.17) is 4.74 Å². The number of ether oxygens (including phenoxy) is 1. The van der Waals surface area contributed by atoms with E-state index in [0.29, 0.717) is 12.1 Å². The largest absolute Gasteiger partial charge is 0.381 e. The Kier molecular flexibility index (Phi) is 4.07. The number of hydrogen-bond acceptors (Lipinski definition) is 4. The monoisotopic (exact) mass is 262 g/mol. The molecule has 17 heavy (non-hydrogen) atoms. The van der Waals surface area contributed by atoms with E-state index in [1.165, 1.54) is 20.0 Å². The highest BCUT2D eigenvalue weighted by molar-refractivity contribution is 7.89.